The Balaban J connectivity index is 2.04. The van der Waals surface area contributed by atoms with Gasteiger partial charge in [0.2, 0.25) is 5.91 Å². The van der Waals surface area contributed by atoms with Crippen molar-refractivity contribution in [2.75, 3.05) is 5.32 Å². The van der Waals surface area contributed by atoms with Crippen molar-refractivity contribution in [2.24, 2.45) is 11.7 Å². The van der Waals surface area contributed by atoms with Gasteiger partial charge in [-0.25, -0.2) is 4.98 Å². The van der Waals surface area contributed by atoms with Gasteiger partial charge in [-0.15, -0.1) is 0 Å². The third-order valence-electron chi connectivity index (χ3n) is 3.47. The van der Waals surface area contributed by atoms with E-state index >= 15 is 0 Å². The van der Waals surface area contributed by atoms with Crippen LogP contribution in [0.25, 0.3) is 0 Å². The van der Waals surface area contributed by atoms with Crippen molar-refractivity contribution in [1.29, 1.82) is 0 Å². The van der Waals surface area contributed by atoms with Crippen molar-refractivity contribution in [3.05, 3.63) is 23.5 Å². The lowest BCUT2D eigenvalue weighted by Gasteiger charge is -2.35. The molecule has 1 fully saturated rings. The average molecular weight is 268 g/mol. The van der Waals surface area contributed by atoms with Gasteiger partial charge in [-0.05, 0) is 30.9 Å². The van der Waals surface area contributed by atoms with Crippen molar-refractivity contribution in [3.63, 3.8) is 0 Å². The fourth-order valence-electron chi connectivity index (χ4n) is 2.50. The first kappa shape index (κ1) is 13.3. The number of hydrogen-bond donors (Lipinski definition) is 2. The lowest BCUT2D eigenvalue weighted by molar-refractivity contribution is -0.122. The summed E-state index contributed by atoms with van der Waals surface area (Å²) < 4.78 is 0. The van der Waals surface area contributed by atoms with E-state index in [-0.39, 0.29) is 5.91 Å². The van der Waals surface area contributed by atoms with Crippen molar-refractivity contribution >= 4 is 23.2 Å². The minimum atomic E-state index is -0.753. The summed E-state index contributed by atoms with van der Waals surface area (Å²) in [6, 6.07) is 3.37. The van der Waals surface area contributed by atoms with Crippen LogP contribution in [0.15, 0.2) is 18.3 Å². The first-order chi connectivity index (χ1) is 8.49. The predicted octanol–water partition coefficient (Wildman–Crippen LogP) is 2.58. The molecule has 2 unspecified atom stereocenters. The maximum absolute atomic E-state index is 12.2. The summed E-state index contributed by atoms with van der Waals surface area (Å²) in [6.07, 6.45) is 5.17. The van der Waals surface area contributed by atoms with Crippen LogP contribution in [0.5, 0.6) is 0 Å². The van der Waals surface area contributed by atoms with Crippen LogP contribution >= 0.6 is 11.6 Å². The molecule has 0 radical (unpaired) electrons. The molecule has 1 aliphatic carbocycles. The largest absolute Gasteiger partial charge is 0.323 e. The zero-order chi connectivity index (χ0) is 13.2. The number of carbonyl (C=O) groups excluding carboxylic acids is 1. The zero-order valence-corrected chi connectivity index (χ0v) is 11.2. The van der Waals surface area contributed by atoms with Gasteiger partial charge in [0, 0.05) is 0 Å². The number of nitrogens with zero attached hydrogens (tertiary/aromatic N) is 1. The average Bonchev–Trinajstić information content (AvgIpc) is 2.32. The van der Waals surface area contributed by atoms with Crippen LogP contribution in [0, 0.1) is 5.92 Å². The van der Waals surface area contributed by atoms with Crippen LogP contribution in [0.2, 0.25) is 5.15 Å². The molecule has 0 aromatic carbocycles. The number of hydrogen-bond acceptors (Lipinski definition) is 3. The highest BCUT2D eigenvalue weighted by atomic mass is 35.5. The second kappa shape index (κ2) is 5.24. The van der Waals surface area contributed by atoms with E-state index in [0.717, 1.165) is 25.7 Å². The molecule has 1 heterocycles. The molecule has 5 heteroatoms. The van der Waals surface area contributed by atoms with Gasteiger partial charge < -0.3 is 11.1 Å². The quantitative estimate of drug-likeness (QED) is 0.810. The highest BCUT2D eigenvalue weighted by Gasteiger charge is 2.37. The Morgan fingerprint density at radius 3 is 3.00 bits per heavy atom. The topological polar surface area (TPSA) is 68.0 Å². The molecule has 0 aliphatic heterocycles. The van der Waals surface area contributed by atoms with E-state index in [1.54, 1.807) is 12.1 Å². The number of nitrogens with two attached hydrogens (primary N) is 1. The third-order valence-corrected chi connectivity index (χ3v) is 3.69. The zero-order valence-electron chi connectivity index (χ0n) is 10.4. The molecule has 3 N–H and O–H groups in total. The summed E-state index contributed by atoms with van der Waals surface area (Å²) in [5.41, 5.74) is 6.09. The van der Waals surface area contributed by atoms with Crippen LogP contribution < -0.4 is 11.1 Å². The number of amides is 1. The van der Waals surface area contributed by atoms with Gasteiger partial charge in [-0.2, -0.15) is 0 Å². The van der Waals surface area contributed by atoms with Crippen molar-refractivity contribution in [2.45, 2.75) is 38.1 Å². The van der Waals surface area contributed by atoms with E-state index in [2.05, 4.69) is 17.2 Å². The molecule has 18 heavy (non-hydrogen) atoms. The van der Waals surface area contributed by atoms with Gasteiger partial charge in [-0.1, -0.05) is 31.4 Å². The van der Waals surface area contributed by atoms with Crippen LogP contribution in [-0.2, 0) is 4.79 Å². The molecule has 1 amide bonds. The molecular weight excluding hydrogens is 250 g/mol. The van der Waals surface area contributed by atoms with Crippen LogP contribution in [0.1, 0.15) is 32.6 Å². The molecule has 1 aromatic rings. The fraction of sp³-hybridized carbons (Fsp3) is 0.538. The molecular formula is C13H18ClN3O. The molecule has 0 spiro atoms. The monoisotopic (exact) mass is 267 g/mol. The molecule has 4 nitrogen and oxygen atoms in total. The molecule has 98 valence electrons. The minimum Gasteiger partial charge on any atom is -0.323 e. The van der Waals surface area contributed by atoms with E-state index in [9.17, 15) is 4.79 Å². The maximum atomic E-state index is 12.2. The van der Waals surface area contributed by atoms with Crippen molar-refractivity contribution in [1.82, 2.24) is 4.98 Å². The Bertz CT molecular complexity index is 434. The Morgan fingerprint density at radius 1 is 1.61 bits per heavy atom. The predicted molar refractivity (Wildman–Crippen MR) is 72.4 cm³/mol. The molecule has 0 saturated heterocycles. The van der Waals surface area contributed by atoms with Crippen molar-refractivity contribution < 1.29 is 4.79 Å². The third kappa shape index (κ3) is 3.00. The highest BCUT2D eigenvalue weighted by molar-refractivity contribution is 6.29. The van der Waals surface area contributed by atoms with E-state index < -0.39 is 5.54 Å². The van der Waals surface area contributed by atoms with Gasteiger partial charge in [0.1, 0.15) is 5.15 Å². The number of carbonyl (C=O) groups is 1. The van der Waals surface area contributed by atoms with Gasteiger partial charge in [-0.3, -0.25) is 4.79 Å². The fourth-order valence-corrected chi connectivity index (χ4v) is 2.62. The number of nitrogens with one attached hydrogen (secondary N) is 1. The maximum Gasteiger partial charge on any atom is 0.244 e. The number of anilines is 1. The van der Waals surface area contributed by atoms with E-state index in [4.69, 9.17) is 17.3 Å². The van der Waals surface area contributed by atoms with Crippen molar-refractivity contribution in [3.8, 4) is 0 Å². The Morgan fingerprint density at radius 2 is 2.39 bits per heavy atom. The molecule has 0 bridgehead atoms. The molecule has 2 atom stereocenters. The van der Waals surface area contributed by atoms with Gasteiger partial charge in [0.25, 0.3) is 0 Å². The van der Waals surface area contributed by atoms with Gasteiger partial charge >= 0.3 is 0 Å². The Kier molecular flexibility index (Phi) is 3.88. The number of halogens is 1. The SMILES string of the molecule is CC1CCCC(N)(C(=O)Nc2ccc(Cl)nc2)C1. The lowest BCUT2D eigenvalue weighted by Crippen LogP contribution is -2.53. The van der Waals surface area contributed by atoms with Gasteiger partial charge in [0.15, 0.2) is 0 Å². The summed E-state index contributed by atoms with van der Waals surface area (Å²) >= 11 is 5.69. The van der Waals surface area contributed by atoms with Crippen LogP contribution in [-0.4, -0.2) is 16.4 Å². The Hall–Kier alpha value is -1.13. The first-order valence-corrected chi connectivity index (χ1v) is 6.59. The van der Waals surface area contributed by atoms with E-state index in [1.165, 1.54) is 6.20 Å². The summed E-state index contributed by atoms with van der Waals surface area (Å²) in [6.45, 7) is 2.14. The molecule has 1 aromatic heterocycles. The van der Waals surface area contributed by atoms with E-state index in [1.807, 2.05) is 0 Å². The lowest BCUT2D eigenvalue weighted by atomic mass is 9.76. The van der Waals surface area contributed by atoms with Crippen LogP contribution in [0.4, 0.5) is 5.69 Å². The number of pyridine rings is 1. The summed E-state index contributed by atoms with van der Waals surface area (Å²) in [7, 11) is 0. The first-order valence-electron chi connectivity index (χ1n) is 6.21. The standard InChI is InChI=1S/C13H18ClN3O/c1-9-3-2-6-13(15,7-9)12(18)17-10-4-5-11(14)16-8-10/h4-5,8-9H,2-3,6-7,15H2,1H3,(H,17,18). The van der Waals surface area contributed by atoms with Crippen LogP contribution in [0.3, 0.4) is 0 Å². The minimum absolute atomic E-state index is 0.127. The summed E-state index contributed by atoms with van der Waals surface area (Å²) in [4.78, 5) is 16.1. The second-order valence-corrected chi connectivity index (χ2v) is 5.57. The number of aromatic nitrogens is 1. The molecule has 1 aliphatic rings. The molecule has 2 rings (SSSR count). The highest BCUT2D eigenvalue weighted by Crippen LogP contribution is 2.31. The normalized spacial score (nSPS) is 27.8. The molecule has 1 saturated carbocycles. The summed E-state index contributed by atoms with van der Waals surface area (Å²) in [5.74, 6) is 0.371. The van der Waals surface area contributed by atoms with Gasteiger partial charge in [0.05, 0.1) is 17.4 Å². The van der Waals surface area contributed by atoms with E-state index in [0.29, 0.717) is 16.8 Å². The Labute approximate surface area is 112 Å². The number of rotatable bonds is 2. The summed E-state index contributed by atoms with van der Waals surface area (Å²) in [5, 5.41) is 3.22. The smallest absolute Gasteiger partial charge is 0.244 e. The second-order valence-electron chi connectivity index (χ2n) is 5.18.